The molecule has 2 N–H and O–H groups in total. The molecule has 0 amide bonds. The van der Waals surface area contributed by atoms with E-state index in [9.17, 15) is 9.90 Å². The molecule has 3 aliphatic rings. The Hall–Kier alpha value is -2.57. The van der Waals surface area contributed by atoms with E-state index in [4.69, 9.17) is 19.3 Å². The lowest BCUT2D eigenvalue weighted by molar-refractivity contribution is -0.137. The number of benzene rings is 2. The summed E-state index contributed by atoms with van der Waals surface area (Å²) in [6.45, 7) is 3.90. The third-order valence-electron chi connectivity index (χ3n) is 7.39. The van der Waals surface area contributed by atoms with Crippen LogP contribution < -0.4 is 9.47 Å². The van der Waals surface area contributed by atoms with E-state index in [2.05, 4.69) is 12.1 Å². The van der Waals surface area contributed by atoms with Gasteiger partial charge < -0.3 is 24.4 Å². The van der Waals surface area contributed by atoms with Crippen molar-refractivity contribution in [2.75, 3.05) is 19.8 Å². The van der Waals surface area contributed by atoms with Crippen LogP contribution in [0.3, 0.4) is 0 Å². The summed E-state index contributed by atoms with van der Waals surface area (Å²) < 4.78 is 17.6. The van der Waals surface area contributed by atoms with E-state index >= 15 is 0 Å². The third kappa shape index (κ3) is 4.59. The Labute approximate surface area is 194 Å². The first kappa shape index (κ1) is 22.2. The molecule has 1 saturated heterocycles. The van der Waals surface area contributed by atoms with Gasteiger partial charge in [0.1, 0.15) is 17.6 Å². The van der Waals surface area contributed by atoms with E-state index < -0.39 is 11.6 Å². The molecule has 5 rings (SSSR count). The molecule has 0 radical (unpaired) electrons. The molecule has 0 aromatic heterocycles. The first-order chi connectivity index (χ1) is 15.9. The number of hydrogen-bond acceptors (Lipinski definition) is 5. The van der Waals surface area contributed by atoms with Crippen molar-refractivity contribution >= 4 is 5.97 Å². The fraction of sp³-hybridized carbons (Fsp3) is 0.519. The highest BCUT2D eigenvalue weighted by Crippen LogP contribution is 2.44. The quantitative estimate of drug-likeness (QED) is 0.632. The predicted molar refractivity (Wildman–Crippen MR) is 123 cm³/mol. The summed E-state index contributed by atoms with van der Waals surface area (Å²) in [7, 11) is 0. The van der Waals surface area contributed by atoms with Crippen molar-refractivity contribution in [2.45, 2.75) is 63.1 Å². The summed E-state index contributed by atoms with van der Waals surface area (Å²) in [4.78, 5) is 11.1. The van der Waals surface area contributed by atoms with Crippen LogP contribution in [0.15, 0.2) is 36.4 Å². The zero-order valence-electron chi connectivity index (χ0n) is 19.1. The van der Waals surface area contributed by atoms with E-state index in [0.29, 0.717) is 18.3 Å². The van der Waals surface area contributed by atoms with Crippen molar-refractivity contribution in [2.24, 2.45) is 5.92 Å². The molecule has 2 aliphatic heterocycles. The Balaban J connectivity index is 1.32. The lowest BCUT2D eigenvalue weighted by atomic mass is 9.80. The van der Waals surface area contributed by atoms with Gasteiger partial charge >= 0.3 is 5.97 Å². The highest BCUT2D eigenvalue weighted by Gasteiger charge is 2.35. The maximum Gasteiger partial charge on any atom is 0.304 e. The van der Waals surface area contributed by atoms with Crippen molar-refractivity contribution in [1.29, 1.82) is 0 Å². The van der Waals surface area contributed by atoms with Crippen LogP contribution in [-0.4, -0.2) is 36.0 Å². The monoisotopic (exact) mass is 452 g/mol. The van der Waals surface area contributed by atoms with Gasteiger partial charge in [0, 0.05) is 30.8 Å². The molecule has 3 atom stereocenters. The third-order valence-corrected chi connectivity index (χ3v) is 7.39. The maximum absolute atomic E-state index is 11.4. The topological polar surface area (TPSA) is 85.2 Å². The lowest BCUT2D eigenvalue weighted by Gasteiger charge is -2.32. The zero-order chi connectivity index (χ0) is 23.0. The summed E-state index contributed by atoms with van der Waals surface area (Å²) in [6, 6.07) is 11.9. The number of hydrogen-bond donors (Lipinski definition) is 2. The summed E-state index contributed by atoms with van der Waals surface area (Å²) in [5, 5.41) is 20.5. The second-order valence-electron chi connectivity index (χ2n) is 9.86. The number of fused-ring (bicyclic) bond motifs is 2. The van der Waals surface area contributed by atoms with Gasteiger partial charge in [-0.2, -0.15) is 0 Å². The van der Waals surface area contributed by atoms with Crippen molar-refractivity contribution in [3.63, 3.8) is 0 Å². The molecule has 1 unspecified atom stereocenters. The van der Waals surface area contributed by atoms with Crippen LogP contribution >= 0.6 is 0 Å². The van der Waals surface area contributed by atoms with E-state index in [1.807, 2.05) is 31.2 Å². The van der Waals surface area contributed by atoms with Gasteiger partial charge in [-0.1, -0.05) is 24.3 Å². The standard InChI is InChI=1S/C27H32O6/c1-27(30,15-17-9-11-31-12-10-17)23-4-2-3-22-21(23)7-8-24(22)33-19-5-6-20-18(13-26(28)29)16-32-25(20)14-19/h2-6,14,17-18,24,30H,7-13,15-16H2,1H3,(H,28,29)/t18?,24-,27+/m0/s1. The van der Waals surface area contributed by atoms with E-state index in [0.717, 1.165) is 67.8 Å². The van der Waals surface area contributed by atoms with Crippen molar-refractivity contribution < 1.29 is 29.2 Å². The van der Waals surface area contributed by atoms with Crippen LogP contribution in [0.5, 0.6) is 11.5 Å². The van der Waals surface area contributed by atoms with E-state index in [1.165, 1.54) is 5.56 Å². The smallest absolute Gasteiger partial charge is 0.304 e. The minimum Gasteiger partial charge on any atom is -0.492 e. The first-order valence-electron chi connectivity index (χ1n) is 12.0. The molecule has 6 heteroatoms. The molecule has 2 aromatic rings. The number of rotatable bonds is 7. The summed E-state index contributed by atoms with van der Waals surface area (Å²) in [5.41, 5.74) is 3.43. The Morgan fingerprint density at radius 2 is 1.97 bits per heavy atom. The highest BCUT2D eigenvalue weighted by molar-refractivity contribution is 5.68. The van der Waals surface area contributed by atoms with Crippen LogP contribution in [0.25, 0.3) is 0 Å². The maximum atomic E-state index is 11.4. The lowest BCUT2D eigenvalue weighted by Crippen LogP contribution is -2.29. The van der Waals surface area contributed by atoms with Crippen molar-refractivity contribution in [3.05, 3.63) is 58.7 Å². The molecule has 1 fully saturated rings. The van der Waals surface area contributed by atoms with Crippen LogP contribution in [0.1, 0.15) is 73.3 Å². The summed E-state index contributed by atoms with van der Waals surface area (Å²) in [6.07, 6.45) is 4.49. The van der Waals surface area contributed by atoms with Gasteiger partial charge in [0.25, 0.3) is 0 Å². The molecule has 0 spiro atoms. The fourth-order valence-corrected chi connectivity index (χ4v) is 5.74. The molecular weight excluding hydrogens is 420 g/mol. The second kappa shape index (κ2) is 8.99. The van der Waals surface area contributed by atoms with Gasteiger partial charge in [-0.05, 0) is 67.7 Å². The van der Waals surface area contributed by atoms with Crippen LogP contribution in [-0.2, 0) is 21.6 Å². The molecule has 0 bridgehead atoms. The predicted octanol–water partition coefficient (Wildman–Crippen LogP) is 4.73. The van der Waals surface area contributed by atoms with Gasteiger partial charge in [-0.15, -0.1) is 0 Å². The largest absolute Gasteiger partial charge is 0.492 e. The molecule has 6 nitrogen and oxygen atoms in total. The SMILES string of the molecule is C[C@@](O)(CC1CCOCC1)c1cccc2c1CC[C@@H]2Oc1ccc2c(c1)OCC2CC(=O)O. The number of aliphatic carboxylic acids is 1. The van der Waals surface area contributed by atoms with Gasteiger partial charge in [0.2, 0.25) is 0 Å². The number of ether oxygens (including phenoxy) is 3. The number of carbonyl (C=O) groups is 1. The molecular formula is C27H32O6. The Kier molecular flexibility index (Phi) is 6.06. The molecule has 176 valence electrons. The van der Waals surface area contributed by atoms with E-state index in [1.54, 1.807) is 0 Å². The van der Waals surface area contributed by atoms with Crippen LogP contribution in [0.4, 0.5) is 0 Å². The van der Waals surface area contributed by atoms with Crippen molar-refractivity contribution in [3.8, 4) is 11.5 Å². The molecule has 1 aliphatic carbocycles. The average molecular weight is 453 g/mol. The first-order valence-corrected chi connectivity index (χ1v) is 12.0. The Morgan fingerprint density at radius 1 is 1.15 bits per heavy atom. The average Bonchev–Trinajstić information content (AvgIpc) is 3.38. The van der Waals surface area contributed by atoms with E-state index in [-0.39, 0.29) is 18.4 Å². The van der Waals surface area contributed by atoms with Crippen LogP contribution in [0, 0.1) is 5.92 Å². The molecule has 33 heavy (non-hydrogen) atoms. The number of aliphatic hydroxyl groups is 1. The fourth-order valence-electron chi connectivity index (χ4n) is 5.74. The van der Waals surface area contributed by atoms with Crippen molar-refractivity contribution in [1.82, 2.24) is 0 Å². The number of carboxylic acid groups (broad SMARTS) is 1. The second-order valence-corrected chi connectivity index (χ2v) is 9.86. The molecule has 0 saturated carbocycles. The minimum absolute atomic E-state index is 0.0692. The van der Waals surface area contributed by atoms with Gasteiger partial charge in [-0.3, -0.25) is 4.79 Å². The highest BCUT2D eigenvalue weighted by atomic mass is 16.5. The summed E-state index contributed by atoms with van der Waals surface area (Å²) in [5.74, 6) is 0.989. The number of carboxylic acids is 1. The van der Waals surface area contributed by atoms with Gasteiger partial charge in [-0.25, -0.2) is 0 Å². The van der Waals surface area contributed by atoms with Gasteiger partial charge in [0.05, 0.1) is 18.6 Å². The normalized spacial score (nSPS) is 23.9. The molecule has 2 aromatic carbocycles. The summed E-state index contributed by atoms with van der Waals surface area (Å²) >= 11 is 0. The van der Waals surface area contributed by atoms with Gasteiger partial charge in [0.15, 0.2) is 0 Å². The Bertz CT molecular complexity index is 1020. The van der Waals surface area contributed by atoms with Crippen LogP contribution in [0.2, 0.25) is 0 Å². The Morgan fingerprint density at radius 3 is 2.76 bits per heavy atom. The zero-order valence-corrected chi connectivity index (χ0v) is 19.1. The minimum atomic E-state index is -0.872. The molecule has 2 heterocycles.